The fraction of sp³-hybridized carbons (Fsp3) is 0.368. The Morgan fingerprint density at radius 3 is 2.32 bits per heavy atom. The van der Waals surface area contributed by atoms with Gasteiger partial charge >= 0.3 is 11.9 Å². The van der Waals surface area contributed by atoms with E-state index >= 15 is 0 Å². The number of nitro benzene ring substituents is 1. The maximum Gasteiger partial charge on any atom is 0.336 e. The van der Waals surface area contributed by atoms with Crippen molar-refractivity contribution in [3.8, 4) is 0 Å². The second-order valence-corrected chi connectivity index (χ2v) is 6.11. The fourth-order valence-electron chi connectivity index (χ4n) is 3.09. The summed E-state index contributed by atoms with van der Waals surface area (Å²) in [6.07, 6.45) is 0. The monoisotopic (exact) mass is 390 g/mol. The molecule has 150 valence electrons. The molecule has 1 aliphatic heterocycles. The normalized spacial score (nSPS) is 16.5. The highest BCUT2D eigenvalue weighted by Gasteiger charge is 2.38. The van der Waals surface area contributed by atoms with Crippen molar-refractivity contribution in [2.24, 2.45) is 0 Å². The number of dihydropyridines is 1. The number of nitrogens with zero attached hydrogens (tertiary/aromatic N) is 1. The number of allylic oxidation sites excluding steroid dienone is 2. The number of carbonyl (C=O) groups is 2. The third kappa shape index (κ3) is 4.37. The van der Waals surface area contributed by atoms with Gasteiger partial charge in [0.25, 0.3) is 5.69 Å². The third-order valence-electron chi connectivity index (χ3n) is 4.32. The van der Waals surface area contributed by atoms with E-state index in [-0.39, 0.29) is 30.0 Å². The largest absolute Gasteiger partial charge is 0.466 e. The van der Waals surface area contributed by atoms with E-state index in [2.05, 4.69) is 5.32 Å². The smallest absolute Gasteiger partial charge is 0.336 e. The van der Waals surface area contributed by atoms with E-state index < -0.39 is 22.8 Å². The van der Waals surface area contributed by atoms with Crippen molar-refractivity contribution in [2.45, 2.75) is 19.8 Å². The van der Waals surface area contributed by atoms with Gasteiger partial charge in [-0.05, 0) is 19.4 Å². The summed E-state index contributed by atoms with van der Waals surface area (Å²) < 4.78 is 15.0. The molecule has 9 heteroatoms. The minimum absolute atomic E-state index is 0.0318. The topological polar surface area (TPSA) is 117 Å². The quantitative estimate of drug-likeness (QED) is 0.326. The highest BCUT2D eigenvalue weighted by Crippen LogP contribution is 2.40. The van der Waals surface area contributed by atoms with Gasteiger partial charge < -0.3 is 19.5 Å². The zero-order chi connectivity index (χ0) is 20.8. The minimum atomic E-state index is -0.872. The van der Waals surface area contributed by atoms with Gasteiger partial charge in [-0.15, -0.1) is 0 Å². The van der Waals surface area contributed by atoms with Crippen LogP contribution in [0, 0.1) is 10.1 Å². The number of hydrogen-bond acceptors (Lipinski definition) is 8. The number of ether oxygens (including phenoxy) is 3. The molecule has 0 radical (unpaired) electrons. The zero-order valence-corrected chi connectivity index (χ0v) is 16.1. The standard InChI is InChI=1S/C19H22N2O7/c1-11-15(18(22)27-4)17(13-6-5-7-14(10-13)21(24)25)16(12(2)20-11)19(23)28-9-8-26-3/h5-7,10,17,20H,8-9H2,1-4H3/t17-/m0/s1. The van der Waals surface area contributed by atoms with Crippen molar-refractivity contribution in [3.05, 3.63) is 62.5 Å². The van der Waals surface area contributed by atoms with E-state index in [1.54, 1.807) is 19.9 Å². The highest BCUT2D eigenvalue weighted by atomic mass is 16.6. The number of hydrogen-bond donors (Lipinski definition) is 1. The summed E-state index contributed by atoms with van der Waals surface area (Å²) in [5.41, 5.74) is 1.62. The molecule has 0 bridgehead atoms. The molecule has 0 saturated carbocycles. The van der Waals surface area contributed by atoms with Crippen LogP contribution in [-0.4, -0.2) is 44.3 Å². The summed E-state index contributed by atoms with van der Waals surface area (Å²) in [6.45, 7) is 3.59. The SMILES string of the molecule is COCCOC(=O)C1=C(C)NC(C)=C(C(=O)OC)[C@@H]1c1cccc([N+](=O)[O-])c1. The lowest BCUT2D eigenvalue weighted by molar-refractivity contribution is -0.384. The van der Waals surface area contributed by atoms with Gasteiger partial charge in [-0.25, -0.2) is 9.59 Å². The molecule has 0 saturated heterocycles. The Morgan fingerprint density at radius 1 is 1.11 bits per heavy atom. The summed E-state index contributed by atoms with van der Waals surface area (Å²) in [4.78, 5) is 35.9. The first-order valence-electron chi connectivity index (χ1n) is 8.49. The van der Waals surface area contributed by atoms with Crippen molar-refractivity contribution in [1.82, 2.24) is 5.32 Å². The molecular weight excluding hydrogens is 368 g/mol. The summed E-state index contributed by atoms with van der Waals surface area (Å²) in [5, 5.41) is 14.2. The van der Waals surface area contributed by atoms with Crippen molar-refractivity contribution >= 4 is 17.6 Å². The van der Waals surface area contributed by atoms with E-state index in [0.29, 0.717) is 17.0 Å². The first-order valence-corrected chi connectivity index (χ1v) is 8.49. The molecule has 1 atom stereocenters. The van der Waals surface area contributed by atoms with Crippen LogP contribution in [0.15, 0.2) is 46.8 Å². The lowest BCUT2D eigenvalue weighted by atomic mass is 9.80. The van der Waals surface area contributed by atoms with Crippen LogP contribution >= 0.6 is 0 Å². The Bertz CT molecular complexity index is 858. The van der Waals surface area contributed by atoms with Crippen LogP contribution < -0.4 is 5.32 Å². The summed E-state index contributed by atoms with van der Waals surface area (Å²) in [7, 11) is 2.71. The van der Waals surface area contributed by atoms with Crippen molar-refractivity contribution in [2.75, 3.05) is 27.4 Å². The molecule has 1 aromatic rings. The van der Waals surface area contributed by atoms with E-state index in [1.165, 1.54) is 32.4 Å². The Kier molecular flexibility index (Phi) is 6.89. The van der Waals surface area contributed by atoms with Crippen molar-refractivity contribution < 1.29 is 28.7 Å². The molecule has 0 unspecified atom stereocenters. The maximum atomic E-state index is 12.8. The molecule has 1 heterocycles. The van der Waals surface area contributed by atoms with Gasteiger partial charge in [-0.3, -0.25) is 10.1 Å². The number of carbonyl (C=O) groups excluding carboxylic acids is 2. The van der Waals surface area contributed by atoms with Crippen molar-refractivity contribution in [3.63, 3.8) is 0 Å². The van der Waals surface area contributed by atoms with Crippen molar-refractivity contribution in [1.29, 1.82) is 0 Å². The van der Waals surface area contributed by atoms with Gasteiger partial charge in [0, 0.05) is 30.6 Å². The number of rotatable bonds is 7. The number of nitro groups is 1. The fourth-order valence-corrected chi connectivity index (χ4v) is 3.09. The molecular formula is C19H22N2O7. The summed E-state index contributed by atoms with van der Waals surface area (Å²) >= 11 is 0. The maximum absolute atomic E-state index is 12.8. The van der Waals surface area contributed by atoms with E-state index in [9.17, 15) is 19.7 Å². The molecule has 2 rings (SSSR count). The third-order valence-corrected chi connectivity index (χ3v) is 4.32. The molecule has 1 aromatic carbocycles. The number of esters is 2. The minimum Gasteiger partial charge on any atom is -0.466 e. The molecule has 28 heavy (non-hydrogen) atoms. The van der Waals surface area contributed by atoms with Crippen LogP contribution in [0.5, 0.6) is 0 Å². The van der Waals surface area contributed by atoms with E-state index in [4.69, 9.17) is 14.2 Å². The molecule has 0 spiro atoms. The van der Waals surface area contributed by atoms with Crippen LogP contribution in [0.3, 0.4) is 0 Å². The molecule has 0 aliphatic carbocycles. The predicted molar refractivity (Wildman–Crippen MR) is 99.2 cm³/mol. The average Bonchev–Trinajstić information content (AvgIpc) is 2.67. The van der Waals surface area contributed by atoms with Gasteiger partial charge in [0.2, 0.25) is 0 Å². The Hall–Kier alpha value is -3.20. The van der Waals surface area contributed by atoms with Crippen LogP contribution in [0.25, 0.3) is 0 Å². The Morgan fingerprint density at radius 2 is 1.75 bits per heavy atom. The first-order chi connectivity index (χ1) is 13.3. The van der Waals surface area contributed by atoms with Crippen LogP contribution in [0.4, 0.5) is 5.69 Å². The van der Waals surface area contributed by atoms with Gasteiger partial charge in [0.15, 0.2) is 0 Å². The van der Waals surface area contributed by atoms with Gasteiger partial charge in [-0.2, -0.15) is 0 Å². The second-order valence-electron chi connectivity index (χ2n) is 6.11. The number of methoxy groups -OCH3 is 2. The molecule has 1 aliphatic rings. The van der Waals surface area contributed by atoms with Gasteiger partial charge in [0.1, 0.15) is 6.61 Å². The molecule has 1 N–H and O–H groups in total. The Balaban J connectivity index is 2.60. The Labute approximate surface area is 162 Å². The number of benzene rings is 1. The van der Waals surface area contributed by atoms with Crippen LogP contribution in [0.2, 0.25) is 0 Å². The molecule has 0 amide bonds. The van der Waals surface area contributed by atoms with E-state index in [0.717, 1.165) is 0 Å². The van der Waals surface area contributed by atoms with Crippen LogP contribution in [0.1, 0.15) is 25.3 Å². The summed E-state index contributed by atoms with van der Waals surface area (Å²) in [5.74, 6) is -2.16. The molecule has 0 fully saturated rings. The zero-order valence-electron chi connectivity index (χ0n) is 16.1. The lowest BCUT2D eigenvalue weighted by Crippen LogP contribution is -2.32. The average molecular weight is 390 g/mol. The van der Waals surface area contributed by atoms with Crippen LogP contribution in [-0.2, 0) is 23.8 Å². The number of nitrogens with one attached hydrogen (secondary N) is 1. The number of non-ortho nitro benzene ring substituents is 1. The highest BCUT2D eigenvalue weighted by molar-refractivity contribution is 5.99. The lowest BCUT2D eigenvalue weighted by Gasteiger charge is -2.30. The van der Waals surface area contributed by atoms with Gasteiger partial charge in [0.05, 0.1) is 35.7 Å². The molecule has 0 aromatic heterocycles. The molecule has 9 nitrogen and oxygen atoms in total. The first kappa shape index (κ1) is 21.1. The predicted octanol–water partition coefficient (Wildman–Crippen LogP) is 2.19. The second kappa shape index (κ2) is 9.14. The van der Waals surface area contributed by atoms with Gasteiger partial charge in [-0.1, -0.05) is 12.1 Å². The summed E-state index contributed by atoms with van der Waals surface area (Å²) in [6, 6.07) is 5.80. The van der Waals surface area contributed by atoms with E-state index in [1.807, 2.05) is 0 Å².